The number of allylic oxidation sites excluding steroid dienone is 1. The van der Waals surface area contributed by atoms with Crippen LogP contribution in [0.4, 0.5) is 0 Å². The molecule has 8 heteroatoms. The molecule has 0 aliphatic carbocycles. The zero-order valence-electron chi connectivity index (χ0n) is 15.1. The molecule has 2 aromatic carbocycles. The number of nitrogens with two attached hydrogens (primary N) is 1. The number of hydrogen-bond acceptors (Lipinski definition) is 6. The second-order valence-corrected chi connectivity index (χ2v) is 6.42. The van der Waals surface area contributed by atoms with Crippen LogP contribution in [0.15, 0.2) is 75.6 Å². The largest absolute Gasteiger partial charge is 0.489 e. The van der Waals surface area contributed by atoms with Crippen molar-refractivity contribution in [3.63, 3.8) is 0 Å². The first-order valence-corrected chi connectivity index (χ1v) is 8.77. The number of nitrogens with one attached hydrogen (secondary N) is 2. The molecule has 1 aliphatic rings. The Balaban J connectivity index is 1.68. The normalized spacial score (nSPS) is 15.2. The van der Waals surface area contributed by atoms with Crippen molar-refractivity contribution in [2.24, 2.45) is 5.73 Å². The minimum Gasteiger partial charge on any atom is -0.489 e. The predicted molar refractivity (Wildman–Crippen MR) is 104 cm³/mol. The molecule has 0 spiro atoms. The van der Waals surface area contributed by atoms with Crippen LogP contribution in [0.25, 0.3) is 0 Å². The summed E-state index contributed by atoms with van der Waals surface area (Å²) in [6.07, 6.45) is 0. The third-order valence-electron chi connectivity index (χ3n) is 4.58. The van der Waals surface area contributed by atoms with E-state index in [4.69, 9.17) is 15.2 Å². The molecule has 8 nitrogen and oxygen atoms in total. The molecule has 4 rings (SSSR count). The van der Waals surface area contributed by atoms with Gasteiger partial charge in [0.15, 0.2) is 0 Å². The quantitative estimate of drug-likeness (QED) is 0.625. The van der Waals surface area contributed by atoms with Gasteiger partial charge in [0.05, 0.1) is 11.5 Å². The van der Waals surface area contributed by atoms with Crippen LogP contribution < -0.4 is 26.5 Å². The van der Waals surface area contributed by atoms with Crippen LogP contribution in [-0.4, -0.2) is 9.97 Å². The first-order chi connectivity index (χ1) is 14.1. The highest BCUT2D eigenvalue weighted by Gasteiger charge is 2.34. The fourth-order valence-electron chi connectivity index (χ4n) is 3.22. The Kier molecular flexibility index (Phi) is 4.63. The molecule has 144 valence electrons. The number of nitrogens with zero attached hydrogens (tertiary/aromatic N) is 1. The van der Waals surface area contributed by atoms with Crippen molar-refractivity contribution < 1.29 is 9.47 Å². The summed E-state index contributed by atoms with van der Waals surface area (Å²) in [7, 11) is 0. The molecule has 1 atom stereocenters. The SMILES string of the molecule is N#CC1=C(N)Oc2[nH]c(=O)[nH]c(=O)c2[C@@H]1c1ccc(OCc2ccccc2)cc1. The Labute approximate surface area is 164 Å². The van der Waals surface area contributed by atoms with E-state index in [-0.39, 0.29) is 22.9 Å². The summed E-state index contributed by atoms with van der Waals surface area (Å²) in [5.74, 6) is -0.358. The summed E-state index contributed by atoms with van der Waals surface area (Å²) in [6, 6.07) is 18.7. The lowest BCUT2D eigenvalue weighted by Gasteiger charge is -2.24. The van der Waals surface area contributed by atoms with E-state index in [0.29, 0.717) is 17.9 Å². The topological polar surface area (TPSA) is 134 Å². The van der Waals surface area contributed by atoms with E-state index < -0.39 is 17.2 Å². The van der Waals surface area contributed by atoms with Crippen molar-refractivity contribution in [3.05, 3.63) is 104 Å². The lowest BCUT2D eigenvalue weighted by atomic mass is 9.85. The van der Waals surface area contributed by atoms with Gasteiger partial charge in [0.25, 0.3) is 5.56 Å². The molecule has 0 amide bonds. The highest BCUT2D eigenvalue weighted by molar-refractivity contribution is 5.53. The molecule has 0 fully saturated rings. The number of nitriles is 1. The van der Waals surface area contributed by atoms with Gasteiger partial charge in [0.1, 0.15) is 24.0 Å². The Morgan fingerprint density at radius 1 is 1.07 bits per heavy atom. The third kappa shape index (κ3) is 3.49. The Bertz CT molecular complexity index is 1230. The van der Waals surface area contributed by atoms with Crippen molar-refractivity contribution in [1.29, 1.82) is 5.26 Å². The van der Waals surface area contributed by atoms with Crippen LogP contribution in [0.2, 0.25) is 0 Å². The molecular formula is C21H16N4O4. The van der Waals surface area contributed by atoms with Crippen molar-refractivity contribution in [2.45, 2.75) is 12.5 Å². The lowest BCUT2D eigenvalue weighted by molar-refractivity contribution is 0.306. The first kappa shape index (κ1) is 18.1. The first-order valence-electron chi connectivity index (χ1n) is 8.77. The van der Waals surface area contributed by atoms with Crippen molar-refractivity contribution >= 4 is 0 Å². The van der Waals surface area contributed by atoms with Crippen LogP contribution in [-0.2, 0) is 6.61 Å². The molecule has 0 saturated heterocycles. The van der Waals surface area contributed by atoms with Crippen LogP contribution >= 0.6 is 0 Å². The molecule has 4 N–H and O–H groups in total. The van der Waals surface area contributed by atoms with Gasteiger partial charge >= 0.3 is 5.69 Å². The van der Waals surface area contributed by atoms with Crippen molar-refractivity contribution in [1.82, 2.24) is 9.97 Å². The van der Waals surface area contributed by atoms with Gasteiger partial charge in [0, 0.05) is 0 Å². The molecular weight excluding hydrogens is 372 g/mol. The highest BCUT2D eigenvalue weighted by atomic mass is 16.5. The third-order valence-corrected chi connectivity index (χ3v) is 4.58. The van der Waals surface area contributed by atoms with Gasteiger partial charge in [-0.1, -0.05) is 42.5 Å². The fraction of sp³-hybridized carbons (Fsp3) is 0.0952. The van der Waals surface area contributed by atoms with Crippen LogP contribution in [0.5, 0.6) is 11.6 Å². The summed E-state index contributed by atoms with van der Waals surface area (Å²) < 4.78 is 11.1. The molecule has 0 saturated carbocycles. The minimum atomic E-state index is -0.771. The average Bonchev–Trinajstić information content (AvgIpc) is 2.72. The summed E-state index contributed by atoms with van der Waals surface area (Å²) >= 11 is 0. The van der Waals surface area contributed by atoms with Crippen LogP contribution in [0, 0.1) is 11.3 Å². The maximum atomic E-state index is 12.4. The number of H-pyrrole nitrogens is 2. The lowest BCUT2D eigenvalue weighted by Crippen LogP contribution is -2.33. The fourth-order valence-corrected chi connectivity index (χ4v) is 3.22. The van der Waals surface area contributed by atoms with Gasteiger partial charge in [-0.15, -0.1) is 0 Å². The van der Waals surface area contributed by atoms with Gasteiger partial charge in [-0.2, -0.15) is 5.26 Å². The zero-order valence-corrected chi connectivity index (χ0v) is 15.1. The Morgan fingerprint density at radius 2 is 1.79 bits per heavy atom. The summed E-state index contributed by atoms with van der Waals surface area (Å²) in [5, 5.41) is 9.55. The molecule has 0 unspecified atom stereocenters. The van der Waals surface area contributed by atoms with Crippen molar-refractivity contribution in [3.8, 4) is 17.7 Å². The van der Waals surface area contributed by atoms with Gasteiger partial charge in [-0.25, -0.2) is 4.79 Å². The number of aromatic amines is 2. The van der Waals surface area contributed by atoms with E-state index in [9.17, 15) is 14.9 Å². The predicted octanol–water partition coefficient (Wildman–Crippen LogP) is 1.86. The monoisotopic (exact) mass is 388 g/mol. The number of fused-ring (bicyclic) bond motifs is 1. The Hall–Kier alpha value is -4.25. The summed E-state index contributed by atoms with van der Waals surface area (Å²) in [5.41, 5.74) is 6.37. The minimum absolute atomic E-state index is 0.0651. The standard InChI is InChI=1S/C21H16N4O4/c22-10-15-16(17-19(26)24-21(27)25-20(17)29-18(15)23)13-6-8-14(9-7-13)28-11-12-4-2-1-3-5-12/h1-9,16H,11,23H2,(H2,24,25,26,27)/t16-/m1/s1. The molecule has 0 bridgehead atoms. The van der Waals surface area contributed by atoms with E-state index in [0.717, 1.165) is 5.56 Å². The summed E-state index contributed by atoms with van der Waals surface area (Å²) in [4.78, 5) is 28.6. The number of benzene rings is 2. The van der Waals surface area contributed by atoms with Gasteiger partial charge in [-0.3, -0.25) is 14.8 Å². The molecule has 29 heavy (non-hydrogen) atoms. The van der Waals surface area contributed by atoms with Gasteiger partial charge < -0.3 is 15.2 Å². The van der Waals surface area contributed by atoms with Crippen LogP contribution in [0.3, 0.4) is 0 Å². The maximum Gasteiger partial charge on any atom is 0.328 e. The number of rotatable bonds is 4. The van der Waals surface area contributed by atoms with Gasteiger partial charge in [0.2, 0.25) is 11.8 Å². The molecule has 0 radical (unpaired) electrons. The second kappa shape index (κ2) is 7.40. The van der Waals surface area contributed by atoms with Crippen LogP contribution in [0.1, 0.15) is 22.6 Å². The van der Waals surface area contributed by atoms with E-state index >= 15 is 0 Å². The second-order valence-electron chi connectivity index (χ2n) is 6.42. The maximum absolute atomic E-state index is 12.4. The zero-order chi connectivity index (χ0) is 20.4. The number of ether oxygens (including phenoxy) is 2. The van der Waals surface area contributed by atoms with E-state index in [1.165, 1.54) is 0 Å². The van der Waals surface area contributed by atoms with E-state index in [1.54, 1.807) is 24.3 Å². The smallest absolute Gasteiger partial charge is 0.328 e. The molecule has 1 aromatic heterocycles. The Morgan fingerprint density at radius 3 is 2.48 bits per heavy atom. The molecule has 2 heterocycles. The van der Waals surface area contributed by atoms with E-state index in [2.05, 4.69) is 9.97 Å². The molecule has 1 aliphatic heterocycles. The molecule has 3 aromatic rings. The number of aromatic nitrogens is 2. The summed E-state index contributed by atoms with van der Waals surface area (Å²) in [6.45, 7) is 0.414. The van der Waals surface area contributed by atoms with Crippen molar-refractivity contribution in [2.75, 3.05) is 0 Å². The number of hydrogen-bond donors (Lipinski definition) is 3. The average molecular weight is 388 g/mol. The highest BCUT2D eigenvalue weighted by Crippen LogP contribution is 2.38. The van der Waals surface area contributed by atoms with E-state index in [1.807, 2.05) is 36.4 Å². The van der Waals surface area contributed by atoms with Gasteiger partial charge in [-0.05, 0) is 23.3 Å².